The maximum Gasteiger partial charge on any atom is 0.339 e. The first kappa shape index (κ1) is 17.5. The van der Waals surface area contributed by atoms with E-state index in [-0.39, 0.29) is 13.1 Å². The summed E-state index contributed by atoms with van der Waals surface area (Å²) in [6, 6.07) is 1.38. The average molecular weight is 370 g/mol. The predicted octanol–water partition coefficient (Wildman–Crippen LogP) is 1.57. The van der Waals surface area contributed by atoms with E-state index in [1.54, 1.807) is 13.8 Å². The van der Waals surface area contributed by atoms with Crippen molar-refractivity contribution in [3.63, 3.8) is 0 Å². The number of nitrogens with zero attached hydrogens (tertiary/aromatic N) is 3. The van der Waals surface area contributed by atoms with Gasteiger partial charge >= 0.3 is 6.03 Å². The van der Waals surface area contributed by atoms with Gasteiger partial charge in [0.2, 0.25) is 10.0 Å². The van der Waals surface area contributed by atoms with Gasteiger partial charge in [0, 0.05) is 30.1 Å². The number of sulfonamides is 1. The molecule has 3 rings (SSSR count). The molecule has 0 spiro atoms. The van der Waals surface area contributed by atoms with Crippen molar-refractivity contribution < 1.29 is 22.0 Å². The van der Waals surface area contributed by atoms with Gasteiger partial charge in [-0.1, -0.05) is 13.8 Å². The van der Waals surface area contributed by atoms with Crippen molar-refractivity contribution in [1.82, 2.24) is 14.1 Å². The largest absolute Gasteiger partial charge is 0.350 e. The number of amides is 1. The highest BCUT2D eigenvalue weighted by molar-refractivity contribution is 7.89. The molecule has 1 aromatic carbocycles. The van der Waals surface area contributed by atoms with Crippen LogP contribution >= 0.6 is 0 Å². The fourth-order valence-corrected chi connectivity index (χ4v) is 4.77. The van der Waals surface area contributed by atoms with E-state index in [0.29, 0.717) is 17.3 Å². The molecule has 0 saturated carbocycles. The summed E-state index contributed by atoms with van der Waals surface area (Å²) >= 11 is 0. The number of benzene rings is 1. The van der Waals surface area contributed by atoms with E-state index < -0.39 is 38.0 Å². The summed E-state index contributed by atoms with van der Waals surface area (Å²) in [6.07, 6.45) is 1.37. The molecule has 2 heterocycles. The molecule has 1 aliphatic rings. The number of aromatic nitrogens is 2. The van der Waals surface area contributed by atoms with Gasteiger partial charge in [0.05, 0.1) is 16.8 Å². The summed E-state index contributed by atoms with van der Waals surface area (Å²) in [5, 5.41) is 3.91. The van der Waals surface area contributed by atoms with E-state index >= 15 is 0 Å². The van der Waals surface area contributed by atoms with E-state index in [4.69, 9.17) is 5.73 Å². The summed E-state index contributed by atoms with van der Waals surface area (Å²) in [5.41, 5.74) is 5.55. The minimum Gasteiger partial charge on any atom is -0.350 e. The first-order chi connectivity index (χ1) is 11.5. The quantitative estimate of drug-likeness (QED) is 0.867. The summed E-state index contributed by atoms with van der Waals surface area (Å²) in [7, 11) is -4.13. The van der Waals surface area contributed by atoms with Gasteiger partial charge < -0.3 is 5.73 Å². The highest BCUT2D eigenvalue weighted by atomic mass is 32.2. The smallest absolute Gasteiger partial charge is 0.339 e. The van der Waals surface area contributed by atoms with E-state index in [1.165, 1.54) is 6.20 Å². The number of carbonyl (C=O) groups is 1. The van der Waals surface area contributed by atoms with Crippen LogP contribution < -0.4 is 5.73 Å². The SMILES string of the molecule is CC1(C)CN(S(=O)(=O)c2cc(F)cc(F)c2)Cc2cnn(C(N)=O)c21. The number of hydrogen-bond donors (Lipinski definition) is 1. The zero-order chi connectivity index (χ0) is 18.6. The van der Waals surface area contributed by atoms with Crippen LogP contribution in [0.15, 0.2) is 29.3 Å². The maximum absolute atomic E-state index is 13.4. The Balaban J connectivity index is 2.06. The second-order valence-corrected chi connectivity index (χ2v) is 8.47. The molecular weight excluding hydrogens is 354 g/mol. The number of carbonyl (C=O) groups excluding carboxylic acids is 1. The Bertz CT molecular complexity index is 949. The molecule has 134 valence electrons. The lowest BCUT2D eigenvalue weighted by molar-refractivity contribution is 0.241. The number of hydrogen-bond acceptors (Lipinski definition) is 4. The van der Waals surface area contributed by atoms with Crippen LogP contribution in [0.4, 0.5) is 13.6 Å². The number of fused-ring (bicyclic) bond motifs is 1. The van der Waals surface area contributed by atoms with Gasteiger partial charge in [-0.2, -0.15) is 14.1 Å². The van der Waals surface area contributed by atoms with Crippen LogP contribution in [0.1, 0.15) is 25.1 Å². The summed E-state index contributed by atoms with van der Waals surface area (Å²) in [5.74, 6) is -1.95. The van der Waals surface area contributed by atoms with Crippen molar-refractivity contribution in [3.8, 4) is 0 Å². The lowest BCUT2D eigenvalue weighted by Crippen LogP contribution is -2.46. The highest BCUT2D eigenvalue weighted by Crippen LogP contribution is 2.36. The van der Waals surface area contributed by atoms with Crippen LogP contribution in [0.3, 0.4) is 0 Å². The molecule has 0 atom stereocenters. The van der Waals surface area contributed by atoms with Crippen molar-refractivity contribution in [2.45, 2.75) is 30.7 Å². The van der Waals surface area contributed by atoms with Gasteiger partial charge in [-0.15, -0.1) is 0 Å². The average Bonchev–Trinajstić information content (AvgIpc) is 2.90. The molecular formula is C15H16F2N4O3S. The number of rotatable bonds is 2. The fourth-order valence-electron chi connectivity index (χ4n) is 3.14. The summed E-state index contributed by atoms with van der Waals surface area (Å²) in [6.45, 7) is 3.40. The monoisotopic (exact) mass is 370 g/mol. The number of nitrogens with two attached hydrogens (primary N) is 1. The Kier molecular flexibility index (Phi) is 3.92. The second kappa shape index (κ2) is 5.60. The second-order valence-electron chi connectivity index (χ2n) is 6.53. The molecule has 7 nitrogen and oxygen atoms in total. The molecule has 1 aromatic heterocycles. The van der Waals surface area contributed by atoms with Gasteiger partial charge in [-0.3, -0.25) is 0 Å². The fraction of sp³-hybridized carbons (Fsp3) is 0.333. The molecule has 2 N–H and O–H groups in total. The Morgan fingerprint density at radius 2 is 1.84 bits per heavy atom. The maximum atomic E-state index is 13.4. The van der Waals surface area contributed by atoms with Gasteiger partial charge in [0.25, 0.3) is 0 Å². The highest BCUT2D eigenvalue weighted by Gasteiger charge is 2.41. The minimum absolute atomic E-state index is 0.000557. The minimum atomic E-state index is -4.13. The summed E-state index contributed by atoms with van der Waals surface area (Å²) in [4.78, 5) is 11.0. The Labute approximate surface area is 143 Å². The molecule has 0 saturated heterocycles. The summed E-state index contributed by atoms with van der Waals surface area (Å²) < 4.78 is 54.6. The van der Waals surface area contributed by atoms with Crippen LogP contribution in [0.2, 0.25) is 0 Å². The standard InChI is InChI=1S/C15H16F2N4O3S/c1-15(2)8-20(7-9-6-19-21(13(9)15)14(18)22)25(23,24)12-4-10(16)3-11(17)5-12/h3-6H,7-8H2,1-2H3,(H2,18,22). The number of primary amides is 1. The number of halogens is 2. The zero-order valence-corrected chi connectivity index (χ0v) is 14.3. The van der Waals surface area contributed by atoms with E-state index in [9.17, 15) is 22.0 Å². The van der Waals surface area contributed by atoms with Crippen LogP contribution in [0.25, 0.3) is 0 Å². The Hall–Kier alpha value is -2.33. The topological polar surface area (TPSA) is 98.3 Å². The zero-order valence-electron chi connectivity index (χ0n) is 13.5. The molecule has 25 heavy (non-hydrogen) atoms. The Morgan fingerprint density at radius 1 is 1.24 bits per heavy atom. The van der Waals surface area contributed by atoms with Crippen molar-refractivity contribution in [3.05, 3.63) is 47.3 Å². The van der Waals surface area contributed by atoms with Crippen molar-refractivity contribution in [2.75, 3.05) is 6.54 Å². The molecule has 10 heteroatoms. The van der Waals surface area contributed by atoms with E-state index in [1.807, 2.05) is 0 Å². The normalized spacial score (nSPS) is 17.3. The lowest BCUT2D eigenvalue weighted by atomic mass is 9.84. The van der Waals surface area contributed by atoms with Crippen molar-refractivity contribution in [2.24, 2.45) is 5.73 Å². The first-order valence-electron chi connectivity index (χ1n) is 7.36. The van der Waals surface area contributed by atoms with Gasteiger partial charge in [0.15, 0.2) is 0 Å². The molecule has 1 amide bonds. The molecule has 0 fully saturated rings. The van der Waals surface area contributed by atoms with Crippen molar-refractivity contribution in [1.29, 1.82) is 0 Å². The van der Waals surface area contributed by atoms with Crippen molar-refractivity contribution >= 4 is 16.1 Å². The molecule has 2 aromatic rings. The molecule has 0 radical (unpaired) electrons. The van der Waals surface area contributed by atoms with Gasteiger partial charge in [0.1, 0.15) is 11.6 Å². The predicted molar refractivity (Wildman–Crippen MR) is 84.2 cm³/mol. The molecule has 0 aliphatic carbocycles. The third-order valence-electron chi connectivity index (χ3n) is 4.09. The lowest BCUT2D eigenvalue weighted by Gasteiger charge is -2.37. The third-order valence-corrected chi connectivity index (χ3v) is 5.86. The molecule has 0 unspecified atom stereocenters. The molecule has 1 aliphatic heterocycles. The van der Waals surface area contributed by atoms with Crippen LogP contribution in [-0.2, 0) is 22.0 Å². The van der Waals surface area contributed by atoms with Crippen LogP contribution in [0, 0.1) is 11.6 Å². The van der Waals surface area contributed by atoms with Crippen LogP contribution in [-0.4, -0.2) is 35.1 Å². The Morgan fingerprint density at radius 3 is 2.40 bits per heavy atom. The van der Waals surface area contributed by atoms with Gasteiger partial charge in [-0.05, 0) is 12.1 Å². The van der Waals surface area contributed by atoms with E-state index in [0.717, 1.165) is 21.1 Å². The molecule has 0 bridgehead atoms. The van der Waals surface area contributed by atoms with E-state index in [2.05, 4.69) is 5.10 Å². The van der Waals surface area contributed by atoms with Gasteiger partial charge in [-0.25, -0.2) is 22.0 Å². The first-order valence-corrected chi connectivity index (χ1v) is 8.80. The van der Waals surface area contributed by atoms with Crippen LogP contribution in [0.5, 0.6) is 0 Å². The third kappa shape index (κ3) is 2.91.